The summed E-state index contributed by atoms with van der Waals surface area (Å²) in [5.41, 5.74) is 2.20. The Morgan fingerprint density at radius 3 is 2.82 bits per heavy atom. The molecule has 2 rings (SSSR count). The van der Waals surface area contributed by atoms with Crippen molar-refractivity contribution < 1.29 is 4.74 Å². The lowest BCUT2D eigenvalue weighted by atomic mass is 10.0. The summed E-state index contributed by atoms with van der Waals surface area (Å²) < 4.78 is 5.52. The van der Waals surface area contributed by atoms with E-state index in [1.54, 1.807) is 0 Å². The molecule has 1 saturated heterocycles. The summed E-state index contributed by atoms with van der Waals surface area (Å²) in [5.74, 6) is 0. The van der Waals surface area contributed by atoms with Crippen LogP contribution >= 0.6 is 0 Å². The number of nitrogens with zero attached hydrogens (tertiary/aromatic N) is 1. The molecule has 0 saturated carbocycles. The number of nitriles is 1. The number of ether oxygens (including phenoxy) is 1. The van der Waals surface area contributed by atoms with Crippen molar-refractivity contribution in [1.82, 2.24) is 0 Å². The number of benzene rings is 1. The van der Waals surface area contributed by atoms with Crippen molar-refractivity contribution in [3.63, 3.8) is 0 Å². The second-order valence-corrected chi connectivity index (χ2v) is 4.58. The van der Waals surface area contributed by atoms with Crippen LogP contribution in [0.1, 0.15) is 25.3 Å². The highest BCUT2D eigenvalue weighted by molar-refractivity contribution is 5.45. The van der Waals surface area contributed by atoms with Gasteiger partial charge in [0.2, 0.25) is 0 Å². The van der Waals surface area contributed by atoms with E-state index in [0.717, 1.165) is 30.7 Å². The van der Waals surface area contributed by atoms with Gasteiger partial charge >= 0.3 is 0 Å². The Labute approximate surface area is 102 Å². The fourth-order valence-corrected chi connectivity index (χ4v) is 2.17. The number of hydrogen-bond donors (Lipinski definition) is 1. The molecule has 1 fully saturated rings. The van der Waals surface area contributed by atoms with E-state index in [1.807, 2.05) is 24.3 Å². The third kappa shape index (κ3) is 3.47. The predicted octanol–water partition coefficient (Wildman–Crippen LogP) is 2.73. The smallest absolute Gasteiger partial charge is 0.0669 e. The van der Waals surface area contributed by atoms with Crippen molar-refractivity contribution >= 4 is 5.69 Å². The first kappa shape index (κ1) is 11.9. The Morgan fingerprint density at radius 2 is 2.18 bits per heavy atom. The van der Waals surface area contributed by atoms with Gasteiger partial charge in [-0.1, -0.05) is 12.1 Å². The molecule has 1 heterocycles. The Balaban J connectivity index is 1.92. The highest BCUT2D eigenvalue weighted by Crippen LogP contribution is 2.19. The minimum absolute atomic E-state index is 0.346. The normalized spacial score (nSPS) is 24.0. The summed E-state index contributed by atoms with van der Waals surface area (Å²) >= 11 is 0. The minimum atomic E-state index is 0.346. The Bertz CT molecular complexity index is 394. The Morgan fingerprint density at radius 1 is 1.41 bits per heavy atom. The number of hydrogen-bond acceptors (Lipinski definition) is 3. The third-order valence-corrected chi connectivity index (χ3v) is 3.09. The van der Waals surface area contributed by atoms with Crippen molar-refractivity contribution in [3.05, 3.63) is 29.8 Å². The van der Waals surface area contributed by atoms with Gasteiger partial charge in [0.25, 0.3) is 0 Å². The van der Waals surface area contributed by atoms with Crippen molar-refractivity contribution in [2.75, 3.05) is 11.9 Å². The van der Waals surface area contributed by atoms with Crippen LogP contribution in [0.2, 0.25) is 0 Å². The molecule has 0 amide bonds. The molecule has 1 N–H and O–H groups in total. The highest BCUT2D eigenvalue weighted by atomic mass is 16.5. The van der Waals surface area contributed by atoms with Gasteiger partial charge < -0.3 is 10.1 Å². The van der Waals surface area contributed by atoms with Gasteiger partial charge in [0.1, 0.15) is 0 Å². The molecule has 1 aromatic rings. The summed E-state index contributed by atoms with van der Waals surface area (Å²) in [4.78, 5) is 0. The van der Waals surface area contributed by atoms with E-state index in [9.17, 15) is 0 Å². The quantitative estimate of drug-likeness (QED) is 0.868. The maximum absolute atomic E-state index is 8.60. The van der Waals surface area contributed by atoms with Crippen molar-refractivity contribution in [3.8, 4) is 6.07 Å². The standard InChI is InChI=1S/C14H18N2O/c1-11-10-14(7-9-17-11)16-13-4-2-12(3-5-13)6-8-15/h2-5,11,14,16H,6-7,9-10H2,1H3. The average molecular weight is 230 g/mol. The second-order valence-electron chi connectivity index (χ2n) is 4.58. The van der Waals surface area contributed by atoms with Gasteiger partial charge in [-0.3, -0.25) is 0 Å². The van der Waals surface area contributed by atoms with Gasteiger partial charge in [-0.05, 0) is 37.5 Å². The maximum Gasteiger partial charge on any atom is 0.0669 e. The van der Waals surface area contributed by atoms with E-state index >= 15 is 0 Å². The molecule has 1 aliphatic heterocycles. The molecular weight excluding hydrogens is 212 g/mol. The largest absolute Gasteiger partial charge is 0.382 e. The van der Waals surface area contributed by atoms with Crippen LogP contribution in [0.5, 0.6) is 0 Å². The number of anilines is 1. The first-order valence-electron chi connectivity index (χ1n) is 6.12. The molecule has 2 atom stereocenters. The van der Waals surface area contributed by atoms with E-state index in [1.165, 1.54) is 0 Å². The van der Waals surface area contributed by atoms with Crippen molar-refractivity contribution in [2.24, 2.45) is 0 Å². The van der Waals surface area contributed by atoms with Gasteiger partial charge in [-0.25, -0.2) is 0 Å². The molecule has 2 unspecified atom stereocenters. The SMILES string of the molecule is CC1CC(Nc2ccc(CC#N)cc2)CCO1. The van der Waals surface area contributed by atoms with Crippen LogP contribution in [0.15, 0.2) is 24.3 Å². The lowest BCUT2D eigenvalue weighted by Crippen LogP contribution is -2.32. The van der Waals surface area contributed by atoms with E-state index in [2.05, 4.69) is 18.3 Å². The highest BCUT2D eigenvalue weighted by Gasteiger charge is 2.18. The molecule has 0 bridgehead atoms. The fourth-order valence-electron chi connectivity index (χ4n) is 2.17. The average Bonchev–Trinajstić information content (AvgIpc) is 2.32. The van der Waals surface area contributed by atoms with Crippen molar-refractivity contribution in [1.29, 1.82) is 5.26 Å². The zero-order valence-corrected chi connectivity index (χ0v) is 10.1. The molecular formula is C14H18N2O. The summed E-state index contributed by atoms with van der Waals surface area (Å²) in [5, 5.41) is 12.1. The summed E-state index contributed by atoms with van der Waals surface area (Å²) in [6, 6.07) is 10.8. The fraction of sp³-hybridized carbons (Fsp3) is 0.500. The minimum Gasteiger partial charge on any atom is -0.382 e. The molecule has 3 heteroatoms. The predicted molar refractivity (Wildman–Crippen MR) is 67.8 cm³/mol. The summed E-state index contributed by atoms with van der Waals surface area (Å²) in [6.45, 7) is 2.95. The van der Waals surface area contributed by atoms with E-state index in [4.69, 9.17) is 10.00 Å². The molecule has 3 nitrogen and oxygen atoms in total. The summed E-state index contributed by atoms with van der Waals surface area (Å²) in [7, 11) is 0. The second kappa shape index (κ2) is 5.70. The molecule has 17 heavy (non-hydrogen) atoms. The molecule has 0 radical (unpaired) electrons. The molecule has 1 aliphatic rings. The number of nitrogens with one attached hydrogen (secondary N) is 1. The van der Waals surface area contributed by atoms with Gasteiger partial charge in [0.05, 0.1) is 18.6 Å². The van der Waals surface area contributed by atoms with Crippen LogP contribution in [0.3, 0.4) is 0 Å². The molecule has 0 spiro atoms. The lowest BCUT2D eigenvalue weighted by Gasteiger charge is -2.28. The van der Waals surface area contributed by atoms with E-state index in [0.29, 0.717) is 18.6 Å². The van der Waals surface area contributed by atoms with Crippen LogP contribution in [0, 0.1) is 11.3 Å². The monoisotopic (exact) mass is 230 g/mol. The van der Waals surface area contributed by atoms with Crippen LogP contribution < -0.4 is 5.32 Å². The van der Waals surface area contributed by atoms with E-state index < -0.39 is 0 Å². The van der Waals surface area contributed by atoms with Crippen LogP contribution in [-0.2, 0) is 11.2 Å². The Hall–Kier alpha value is -1.53. The lowest BCUT2D eigenvalue weighted by molar-refractivity contribution is 0.0232. The zero-order chi connectivity index (χ0) is 12.1. The van der Waals surface area contributed by atoms with Gasteiger partial charge in [-0.2, -0.15) is 5.26 Å². The third-order valence-electron chi connectivity index (χ3n) is 3.09. The molecule has 1 aromatic carbocycles. The van der Waals surface area contributed by atoms with E-state index in [-0.39, 0.29) is 0 Å². The Kier molecular flexibility index (Phi) is 4.00. The first-order valence-corrected chi connectivity index (χ1v) is 6.12. The van der Waals surface area contributed by atoms with Gasteiger partial charge in [0.15, 0.2) is 0 Å². The molecule has 0 aliphatic carbocycles. The maximum atomic E-state index is 8.60. The van der Waals surface area contributed by atoms with Crippen LogP contribution in [0.4, 0.5) is 5.69 Å². The van der Waals surface area contributed by atoms with Crippen LogP contribution in [0.25, 0.3) is 0 Å². The molecule has 0 aromatic heterocycles. The van der Waals surface area contributed by atoms with Crippen molar-refractivity contribution in [2.45, 2.75) is 38.3 Å². The first-order chi connectivity index (χ1) is 8.28. The van der Waals surface area contributed by atoms with Gasteiger partial charge in [-0.15, -0.1) is 0 Å². The number of rotatable bonds is 3. The summed E-state index contributed by atoms with van der Waals surface area (Å²) in [6.07, 6.45) is 2.94. The zero-order valence-electron chi connectivity index (χ0n) is 10.1. The topological polar surface area (TPSA) is 45.0 Å². The van der Waals surface area contributed by atoms with Gasteiger partial charge in [0, 0.05) is 18.3 Å². The molecule has 90 valence electrons. The van der Waals surface area contributed by atoms with Crippen LogP contribution in [-0.4, -0.2) is 18.8 Å².